The van der Waals surface area contributed by atoms with Crippen molar-refractivity contribution >= 4 is 5.91 Å². The van der Waals surface area contributed by atoms with Gasteiger partial charge in [0.15, 0.2) is 0 Å². The zero-order valence-electron chi connectivity index (χ0n) is 12.1. The van der Waals surface area contributed by atoms with E-state index in [1.807, 2.05) is 30.0 Å². The molecule has 1 heterocycles. The van der Waals surface area contributed by atoms with Gasteiger partial charge < -0.3 is 19.1 Å². The number of ether oxygens (including phenoxy) is 3. The molecular weight excluding hydrogens is 258 g/mol. The van der Waals surface area contributed by atoms with E-state index in [0.29, 0.717) is 45.1 Å². The fourth-order valence-corrected chi connectivity index (χ4v) is 2.23. The van der Waals surface area contributed by atoms with Crippen molar-refractivity contribution in [2.24, 2.45) is 0 Å². The molecule has 0 saturated carbocycles. The number of nitrogens with zero attached hydrogens (tertiary/aromatic N) is 1. The maximum absolute atomic E-state index is 12.4. The normalized spacial score (nSPS) is 15.2. The molecule has 0 aromatic heterocycles. The van der Waals surface area contributed by atoms with Crippen LogP contribution in [0.3, 0.4) is 0 Å². The number of hydrogen-bond acceptors (Lipinski definition) is 4. The lowest BCUT2D eigenvalue weighted by atomic mass is 10.1. The highest BCUT2D eigenvalue weighted by Crippen LogP contribution is 2.22. The second-order valence-electron chi connectivity index (χ2n) is 4.59. The van der Waals surface area contributed by atoms with Crippen molar-refractivity contribution in [2.75, 3.05) is 40.0 Å². The molecule has 0 aliphatic carbocycles. The maximum Gasteiger partial charge on any atom is 0.254 e. The van der Waals surface area contributed by atoms with E-state index in [4.69, 9.17) is 14.2 Å². The summed E-state index contributed by atoms with van der Waals surface area (Å²) in [6.45, 7) is 5.45. The van der Waals surface area contributed by atoms with Crippen LogP contribution in [0.5, 0.6) is 5.75 Å². The van der Waals surface area contributed by atoms with Crippen molar-refractivity contribution < 1.29 is 19.0 Å². The molecule has 0 radical (unpaired) electrons. The van der Waals surface area contributed by atoms with E-state index in [1.54, 1.807) is 7.11 Å². The van der Waals surface area contributed by atoms with E-state index in [1.165, 1.54) is 0 Å². The first-order chi connectivity index (χ1) is 9.76. The molecule has 2 rings (SSSR count). The van der Waals surface area contributed by atoms with Crippen LogP contribution < -0.4 is 4.74 Å². The average Bonchev–Trinajstić information content (AvgIpc) is 2.50. The van der Waals surface area contributed by atoms with Crippen LogP contribution >= 0.6 is 0 Å². The molecule has 1 fully saturated rings. The first-order valence-electron chi connectivity index (χ1n) is 6.88. The van der Waals surface area contributed by atoms with Gasteiger partial charge in [0.25, 0.3) is 5.91 Å². The van der Waals surface area contributed by atoms with Crippen LogP contribution in [0.4, 0.5) is 0 Å². The van der Waals surface area contributed by atoms with Gasteiger partial charge in [0.1, 0.15) is 5.75 Å². The lowest BCUT2D eigenvalue weighted by Gasteiger charge is -2.27. The van der Waals surface area contributed by atoms with Crippen molar-refractivity contribution in [3.05, 3.63) is 29.3 Å². The third-order valence-electron chi connectivity index (χ3n) is 3.21. The summed E-state index contributed by atoms with van der Waals surface area (Å²) in [7, 11) is 1.63. The van der Waals surface area contributed by atoms with Gasteiger partial charge in [0, 0.05) is 31.3 Å². The zero-order chi connectivity index (χ0) is 14.4. The molecule has 1 amide bonds. The monoisotopic (exact) mass is 279 g/mol. The SMILES string of the molecule is CCOc1ccc(C(=O)N2CCOCC2)cc1COC. The molecule has 5 heteroatoms. The highest BCUT2D eigenvalue weighted by Gasteiger charge is 2.19. The summed E-state index contributed by atoms with van der Waals surface area (Å²) >= 11 is 0. The largest absolute Gasteiger partial charge is 0.494 e. The second-order valence-corrected chi connectivity index (χ2v) is 4.59. The number of amides is 1. The highest BCUT2D eigenvalue weighted by atomic mass is 16.5. The number of rotatable bonds is 5. The van der Waals surface area contributed by atoms with Crippen LogP contribution in [0.15, 0.2) is 18.2 Å². The summed E-state index contributed by atoms with van der Waals surface area (Å²) in [4.78, 5) is 14.2. The fraction of sp³-hybridized carbons (Fsp3) is 0.533. The molecule has 0 atom stereocenters. The summed E-state index contributed by atoms with van der Waals surface area (Å²) in [5.74, 6) is 0.807. The first-order valence-corrected chi connectivity index (χ1v) is 6.88. The zero-order valence-corrected chi connectivity index (χ0v) is 12.1. The van der Waals surface area contributed by atoms with Gasteiger partial charge in [-0.3, -0.25) is 4.79 Å². The van der Waals surface area contributed by atoms with Gasteiger partial charge in [-0.25, -0.2) is 0 Å². The summed E-state index contributed by atoms with van der Waals surface area (Å²) in [5.41, 5.74) is 1.57. The summed E-state index contributed by atoms with van der Waals surface area (Å²) in [6, 6.07) is 5.50. The minimum absolute atomic E-state index is 0.0358. The fourth-order valence-electron chi connectivity index (χ4n) is 2.23. The Morgan fingerprint density at radius 3 is 2.75 bits per heavy atom. The van der Waals surface area contributed by atoms with Crippen molar-refractivity contribution in [3.63, 3.8) is 0 Å². The van der Waals surface area contributed by atoms with Crippen LogP contribution in [0, 0.1) is 0 Å². The second kappa shape index (κ2) is 7.26. The smallest absolute Gasteiger partial charge is 0.254 e. The maximum atomic E-state index is 12.4. The predicted molar refractivity (Wildman–Crippen MR) is 75.0 cm³/mol. The van der Waals surface area contributed by atoms with E-state index in [9.17, 15) is 4.79 Å². The predicted octanol–water partition coefficient (Wildman–Crippen LogP) is 1.70. The number of carbonyl (C=O) groups excluding carboxylic acids is 1. The molecule has 0 bridgehead atoms. The highest BCUT2D eigenvalue weighted by molar-refractivity contribution is 5.94. The number of carbonyl (C=O) groups is 1. The molecule has 5 nitrogen and oxygen atoms in total. The molecule has 0 spiro atoms. The van der Waals surface area contributed by atoms with Gasteiger partial charge in [0.05, 0.1) is 26.4 Å². The van der Waals surface area contributed by atoms with Crippen molar-refractivity contribution in [2.45, 2.75) is 13.5 Å². The van der Waals surface area contributed by atoms with E-state index >= 15 is 0 Å². The topological polar surface area (TPSA) is 48.0 Å². The van der Waals surface area contributed by atoms with Crippen LogP contribution in [-0.2, 0) is 16.1 Å². The number of morpholine rings is 1. The molecule has 110 valence electrons. The summed E-state index contributed by atoms with van der Waals surface area (Å²) in [5, 5.41) is 0. The average molecular weight is 279 g/mol. The van der Waals surface area contributed by atoms with Crippen molar-refractivity contribution in [1.29, 1.82) is 0 Å². The lowest BCUT2D eigenvalue weighted by molar-refractivity contribution is 0.0302. The third-order valence-corrected chi connectivity index (χ3v) is 3.21. The third kappa shape index (κ3) is 3.49. The Morgan fingerprint density at radius 2 is 2.10 bits per heavy atom. The van der Waals surface area contributed by atoms with Gasteiger partial charge in [-0.1, -0.05) is 0 Å². The molecule has 1 saturated heterocycles. The molecule has 1 aliphatic heterocycles. The Labute approximate surface area is 119 Å². The van der Waals surface area contributed by atoms with Crippen LogP contribution in [0.1, 0.15) is 22.8 Å². The summed E-state index contributed by atoms with van der Waals surface area (Å²) in [6.07, 6.45) is 0. The number of methoxy groups -OCH3 is 1. The molecule has 1 aromatic rings. The van der Waals surface area contributed by atoms with Gasteiger partial charge in [0.2, 0.25) is 0 Å². The van der Waals surface area contributed by atoms with Gasteiger partial charge >= 0.3 is 0 Å². The van der Waals surface area contributed by atoms with Crippen molar-refractivity contribution in [1.82, 2.24) is 4.90 Å². The molecular formula is C15H21NO4. The number of benzene rings is 1. The Balaban J connectivity index is 2.18. The molecule has 0 unspecified atom stereocenters. The molecule has 1 aromatic carbocycles. The van der Waals surface area contributed by atoms with Crippen LogP contribution in [0.25, 0.3) is 0 Å². The van der Waals surface area contributed by atoms with Gasteiger partial charge in [-0.05, 0) is 25.1 Å². The quantitative estimate of drug-likeness (QED) is 0.823. The van der Waals surface area contributed by atoms with E-state index in [0.717, 1.165) is 11.3 Å². The standard InChI is InChI=1S/C15H21NO4/c1-3-20-14-5-4-12(10-13(14)11-18-2)15(17)16-6-8-19-9-7-16/h4-5,10H,3,6-9,11H2,1-2H3. The van der Waals surface area contributed by atoms with Crippen molar-refractivity contribution in [3.8, 4) is 5.75 Å². The van der Waals surface area contributed by atoms with E-state index in [2.05, 4.69) is 0 Å². The number of hydrogen-bond donors (Lipinski definition) is 0. The van der Waals surface area contributed by atoms with Gasteiger partial charge in [-0.15, -0.1) is 0 Å². The van der Waals surface area contributed by atoms with Gasteiger partial charge in [-0.2, -0.15) is 0 Å². The Kier molecular flexibility index (Phi) is 5.38. The first kappa shape index (κ1) is 14.8. The molecule has 1 aliphatic rings. The minimum atomic E-state index is 0.0358. The Hall–Kier alpha value is -1.59. The van der Waals surface area contributed by atoms with Crippen LogP contribution in [-0.4, -0.2) is 50.8 Å². The molecule has 20 heavy (non-hydrogen) atoms. The Morgan fingerprint density at radius 1 is 1.35 bits per heavy atom. The summed E-state index contributed by atoms with van der Waals surface area (Å²) < 4.78 is 16.0. The van der Waals surface area contributed by atoms with Crippen LogP contribution in [0.2, 0.25) is 0 Å². The Bertz CT molecular complexity index is 455. The minimum Gasteiger partial charge on any atom is -0.494 e. The van der Waals surface area contributed by atoms with E-state index < -0.39 is 0 Å². The molecule has 0 N–H and O–H groups in total. The van der Waals surface area contributed by atoms with E-state index in [-0.39, 0.29) is 5.91 Å². The lowest BCUT2D eigenvalue weighted by Crippen LogP contribution is -2.40.